The molecule has 0 saturated carbocycles. The number of hydrogen-bond donors (Lipinski definition) is 1. The van der Waals surface area contributed by atoms with Gasteiger partial charge in [0.1, 0.15) is 5.82 Å². The van der Waals surface area contributed by atoms with Gasteiger partial charge in [-0.1, -0.05) is 31.5 Å². The number of anilines is 1. The predicted octanol–water partition coefficient (Wildman–Crippen LogP) is 4.55. The molecular weight excluding hydrogens is 225 g/mol. The van der Waals surface area contributed by atoms with Crippen LogP contribution in [0.5, 0.6) is 0 Å². The zero-order valence-corrected chi connectivity index (χ0v) is 10.4. The number of aryl methyl sites for hydroxylation is 1. The largest absolute Gasteiger partial charge is 0.399 e. The Hall–Kier alpha value is -1.28. The molecule has 2 aromatic carbocycles. The van der Waals surface area contributed by atoms with Gasteiger partial charge in [-0.3, -0.25) is 0 Å². The van der Waals surface area contributed by atoms with Gasteiger partial charge in [-0.15, -0.1) is 0 Å². The van der Waals surface area contributed by atoms with E-state index in [0.29, 0.717) is 5.69 Å². The van der Waals surface area contributed by atoms with E-state index in [9.17, 15) is 4.39 Å². The van der Waals surface area contributed by atoms with Gasteiger partial charge in [0.05, 0.1) is 5.02 Å². The molecular formula is C13H15ClFN. The maximum Gasteiger partial charge on any atom is 0.142 e. The second kappa shape index (κ2) is 5.17. The number of hydrogen-bond acceptors (Lipinski definition) is 1. The number of fused-ring (bicyclic) bond motifs is 1. The summed E-state index contributed by atoms with van der Waals surface area (Å²) in [5.74, 6) is -0.396. The van der Waals surface area contributed by atoms with Crippen LogP contribution < -0.4 is 5.73 Å². The number of halogens is 2. The highest BCUT2D eigenvalue weighted by molar-refractivity contribution is 6.36. The predicted molar refractivity (Wildman–Crippen MR) is 69.4 cm³/mol. The number of nitrogen functional groups attached to an aromatic ring is 1. The lowest BCUT2D eigenvalue weighted by atomic mass is 10.0. The first-order chi connectivity index (χ1) is 7.59. The molecule has 1 nitrogen and oxygen atoms in total. The molecule has 0 amide bonds. The van der Waals surface area contributed by atoms with Crippen molar-refractivity contribution in [3.05, 3.63) is 40.7 Å². The summed E-state index contributed by atoms with van der Waals surface area (Å²) < 4.78 is 13.2. The summed E-state index contributed by atoms with van der Waals surface area (Å²) in [5, 5.41) is 1.77. The lowest BCUT2D eigenvalue weighted by Gasteiger charge is -2.06. The molecule has 16 heavy (non-hydrogen) atoms. The third-order valence-electron chi connectivity index (χ3n) is 2.23. The van der Waals surface area contributed by atoms with Crippen molar-refractivity contribution in [2.24, 2.45) is 0 Å². The van der Waals surface area contributed by atoms with Crippen molar-refractivity contribution < 1.29 is 4.39 Å². The van der Waals surface area contributed by atoms with E-state index in [-0.39, 0.29) is 5.02 Å². The van der Waals surface area contributed by atoms with Crippen LogP contribution in [0, 0.1) is 12.7 Å². The minimum absolute atomic E-state index is 0.167. The summed E-state index contributed by atoms with van der Waals surface area (Å²) in [5.41, 5.74) is 7.23. The second-order valence-corrected chi connectivity index (χ2v) is 3.68. The van der Waals surface area contributed by atoms with Crippen LogP contribution in [0.3, 0.4) is 0 Å². The molecule has 0 fully saturated rings. The van der Waals surface area contributed by atoms with E-state index >= 15 is 0 Å². The van der Waals surface area contributed by atoms with E-state index in [2.05, 4.69) is 0 Å². The molecule has 86 valence electrons. The van der Waals surface area contributed by atoms with Gasteiger partial charge in [0.15, 0.2) is 0 Å². The van der Waals surface area contributed by atoms with Gasteiger partial charge in [-0.05, 0) is 36.1 Å². The highest BCUT2D eigenvalue weighted by atomic mass is 35.5. The van der Waals surface area contributed by atoms with Crippen molar-refractivity contribution in [2.45, 2.75) is 20.8 Å². The van der Waals surface area contributed by atoms with E-state index in [1.165, 1.54) is 6.07 Å². The van der Waals surface area contributed by atoms with Crippen LogP contribution in [0.1, 0.15) is 19.4 Å². The molecule has 0 unspecified atom stereocenters. The molecule has 0 radical (unpaired) electrons. The fourth-order valence-electron chi connectivity index (χ4n) is 1.63. The highest BCUT2D eigenvalue weighted by Crippen LogP contribution is 2.30. The molecule has 0 aliphatic rings. The lowest BCUT2D eigenvalue weighted by molar-refractivity contribution is 0.630. The van der Waals surface area contributed by atoms with Gasteiger partial charge in [0.25, 0.3) is 0 Å². The van der Waals surface area contributed by atoms with E-state index in [4.69, 9.17) is 17.3 Å². The van der Waals surface area contributed by atoms with Gasteiger partial charge < -0.3 is 5.73 Å². The highest BCUT2D eigenvalue weighted by Gasteiger charge is 2.07. The fraction of sp³-hybridized carbons (Fsp3) is 0.231. The molecule has 2 aromatic rings. The van der Waals surface area contributed by atoms with Gasteiger partial charge in [-0.25, -0.2) is 4.39 Å². The Morgan fingerprint density at radius 3 is 2.44 bits per heavy atom. The molecule has 0 bridgehead atoms. The first-order valence-electron chi connectivity index (χ1n) is 5.23. The standard InChI is InChI=1S/C11H9ClFN.C2H6/c1-6-4-8(14)5-7-2-3-9(13)11(12)10(6)7;1-2/h2-5H,14H2,1H3;1-2H3. The Morgan fingerprint density at radius 1 is 1.19 bits per heavy atom. The van der Waals surface area contributed by atoms with Crippen LogP contribution in [-0.2, 0) is 0 Å². The SMILES string of the molecule is CC.Cc1cc(N)cc2ccc(F)c(Cl)c12. The zero-order chi connectivity index (χ0) is 12.3. The molecule has 2 rings (SSSR count). The monoisotopic (exact) mass is 239 g/mol. The van der Waals surface area contributed by atoms with E-state index in [1.54, 1.807) is 18.2 Å². The summed E-state index contributed by atoms with van der Waals surface area (Å²) in [6.07, 6.45) is 0. The molecule has 0 heterocycles. The van der Waals surface area contributed by atoms with E-state index in [0.717, 1.165) is 16.3 Å². The summed E-state index contributed by atoms with van der Waals surface area (Å²) in [7, 11) is 0. The third-order valence-corrected chi connectivity index (χ3v) is 2.60. The topological polar surface area (TPSA) is 26.0 Å². The fourth-order valence-corrected chi connectivity index (χ4v) is 1.95. The van der Waals surface area contributed by atoms with Crippen LogP contribution in [0.15, 0.2) is 24.3 Å². The van der Waals surface area contributed by atoms with Crippen molar-refractivity contribution >= 4 is 28.1 Å². The van der Waals surface area contributed by atoms with Crippen LogP contribution in [0.25, 0.3) is 10.8 Å². The van der Waals surface area contributed by atoms with Crippen molar-refractivity contribution in [2.75, 3.05) is 5.73 Å². The molecule has 0 atom stereocenters. The first kappa shape index (κ1) is 12.8. The molecule has 0 aromatic heterocycles. The van der Waals surface area contributed by atoms with Crippen molar-refractivity contribution in [1.29, 1.82) is 0 Å². The Bertz CT molecular complexity index is 509. The zero-order valence-electron chi connectivity index (χ0n) is 9.64. The maximum absolute atomic E-state index is 13.2. The Morgan fingerprint density at radius 2 is 1.81 bits per heavy atom. The van der Waals surface area contributed by atoms with Crippen LogP contribution in [0.4, 0.5) is 10.1 Å². The Balaban J connectivity index is 0.000000606. The van der Waals surface area contributed by atoms with Gasteiger partial charge in [0, 0.05) is 11.1 Å². The number of benzene rings is 2. The van der Waals surface area contributed by atoms with Crippen LogP contribution in [0.2, 0.25) is 5.02 Å². The Labute approximate surface area is 100 Å². The first-order valence-corrected chi connectivity index (χ1v) is 5.61. The summed E-state index contributed by atoms with van der Waals surface area (Å²) in [6, 6.07) is 6.60. The molecule has 2 N–H and O–H groups in total. The molecule has 0 saturated heterocycles. The smallest absolute Gasteiger partial charge is 0.142 e. The minimum Gasteiger partial charge on any atom is -0.399 e. The molecule has 0 spiro atoms. The molecule has 0 aliphatic carbocycles. The van der Waals surface area contributed by atoms with Gasteiger partial charge in [-0.2, -0.15) is 0 Å². The van der Waals surface area contributed by atoms with Crippen LogP contribution in [-0.4, -0.2) is 0 Å². The van der Waals surface area contributed by atoms with E-state index in [1.807, 2.05) is 20.8 Å². The number of nitrogens with two attached hydrogens (primary N) is 1. The van der Waals surface area contributed by atoms with E-state index < -0.39 is 5.82 Å². The van der Waals surface area contributed by atoms with Crippen molar-refractivity contribution in [3.63, 3.8) is 0 Å². The molecule has 3 heteroatoms. The van der Waals surface area contributed by atoms with Gasteiger partial charge in [0.2, 0.25) is 0 Å². The molecule has 0 aliphatic heterocycles. The van der Waals surface area contributed by atoms with Crippen LogP contribution >= 0.6 is 11.6 Å². The van der Waals surface area contributed by atoms with Gasteiger partial charge >= 0.3 is 0 Å². The summed E-state index contributed by atoms with van der Waals surface area (Å²) >= 11 is 5.87. The summed E-state index contributed by atoms with van der Waals surface area (Å²) in [4.78, 5) is 0. The van der Waals surface area contributed by atoms with Crippen molar-refractivity contribution in [1.82, 2.24) is 0 Å². The lowest BCUT2D eigenvalue weighted by Crippen LogP contribution is -1.89. The second-order valence-electron chi connectivity index (χ2n) is 3.30. The summed E-state index contributed by atoms with van der Waals surface area (Å²) in [6.45, 7) is 5.87. The maximum atomic E-state index is 13.2. The van der Waals surface area contributed by atoms with Crippen molar-refractivity contribution in [3.8, 4) is 0 Å². The quantitative estimate of drug-likeness (QED) is 0.671. The minimum atomic E-state index is -0.396. The average molecular weight is 240 g/mol. The Kier molecular flexibility index (Phi) is 4.13. The average Bonchev–Trinajstić information content (AvgIpc) is 2.26. The normalized spacial score (nSPS) is 9.81. The number of rotatable bonds is 0. The third kappa shape index (κ3) is 2.27.